The van der Waals surface area contributed by atoms with Crippen LogP contribution in [0.1, 0.15) is 18.4 Å². The summed E-state index contributed by atoms with van der Waals surface area (Å²) in [6.07, 6.45) is 0. The van der Waals surface area contributed by atoms with Gasteiger partial charge in [0.25, 0.3) is 0 Å². The molecule has 2 aromatic carbocycles. The van der Waals surface area contributed by atoms with Gasteiger partial charge in [0, 0.05) is 24.1 Å². The largest absolute Gasteiger partial charge is 0.379 e. The summed E-state index contributed by atoms with van der Waals surface area (Å²) in [7, 11) is 0. The zero-order chi connectivity index (χ0) is 15.4. The van der Waals surface area contributed by atoms with Crippen molar-refractivity contribution in [1.29, 1.82) is 0 Å². The van der Waals surface area contributed by atoms with Crippen LogP contribution in [-0.2, 0) is 4.74 Å². The summed E-state index contributed by atoms with van der Waals surface area (Å²) in [5, 5.41) is 0. The van der Waals surface area contributed by atoms with Gasteiger partial charge in [-0.15, -0.1) is 0 Å². The molecule has 0 aliphatic carbocycles. The molecule has 2 aromatic rings. The highest BCUT2D eigenvalue weighted by atomic mass is 79.9. The van der Waals surface area contributed by atoms with E-state index in [0.717, 1.165) is 37.3 Å². The quantitative estimate of drug-likeness (QED) is 0.793. The van der Waals surface area contributed by atoms with E-state index in [9.17, 15) is 0 Å². The van der Waals surface area contributed by atoms with Gasteiger partial charge in [0.1, 0.15) is 0 Å². The zero-order valence-corrected chi connectivity index (χ0v) is 14.6. The number of nitrogens with zero attached hydrogens (tertiary/aromatic N) is 1. The van der Waals surface area contributed by atoms with Crippen LogP contribution in [0.25, 0.3) is 11.1 Å². The van der Waals surface area contributed by atoms with E-state index < -0.39 is 0 Å². The van der Waals surface area contributed by atoms with E-state index in [4.69, 9.17) is 4.74 Å². The first-order valence-electron chi connectivity index (χ1n) is 7.88. The molecule has 0 radical (unpaired) electrons. The Hall–Kier alpha value is -1.16. The van der Waals surface area contributed by atoms with E-state index in [1.807, 2.05) is 0 Å². The van der Waals surface area contributed by atoms with Gasteiger partial charge in [0.05, 0.1) is 13.2 Å². The van der Waals surface area contributed by atoms with Gasteiger partial charge < -0.3 is 4.74 Å². The molecular formula is C19H22BrNO. The Balaban J connectivity index is 1.66. The van der Waals surface area contributed by atoms with Crippen LogP contribution >= 0.6 is 15.9 Å². The number of ether oxygens (including phenoxy) is 1. The third kappa shape index (κ3) is 3.97. The minimum atomic E-state index is 0.553. The molecule has 0 spiro atoms. The Kier molecular flexibility index (Phi) is 5.29. The van der Waals surface area contributed by atoms with E-state index in [1.54, 1.807) is 0 Å². The second-order valence-corrected chi connectivity index (χ2v) is 6.86. The van der Waals surface area contributed by atoms with Gasteiger partial charge in [0.2, 0.25) is 0 Å². The molecule has 1 unspecified atom stereocenters. The average Bonchev–Trinajstić information content (AvgIpc) is 2.57. The predicted octanol–water partition coefficient (Wildman–Crippen LogP) is 4.55. The topological polar surface area (TPSA) is 12.5 Å². The van der Waals surface area contributed by atoms with Crippen molar-refractivity contribution in [3.8, 4) is 11.1 Å². The summed E-state index contributed by atoms with van der Waals surface area (Å²) in [5.74, 6) is 0.553. The molecule has 1 saturated heterocycles. The molecule has 22 heavy (non-hydrogen) atoms. The Labute approximate surface area is 141 Å². The maximum absolute atomic E-state index is 5.42. The van der Waals surface area contributed by atoms with Crippen molar-refractivity contribution in [3.05, 3.63) is 58.6 Å². The molecule has 0 bridgehead atoms. The molecule has 0 amide bonds. The first-order valence-corrected chi connectivity index (χ1v) is 8.68. The molecule has 0 N–H and O–H groups in total. The summed E-state index contributed by atoms with van der Waals surface area (Å²) in [5.41, 5.74) is 3.94. The van der Waals surface area contributed by atoms with E-state index in [-0.39, 0.29) is 0 Å². The van der Waals surface area contributed by atoms with Crippen LogP contribution < -0.4 is 0 Å². The first-order chi connectivity index (χ1) is 10.7. The standard InChI is InChI=1S/C19H22BrNO/c1-15(14-21-10-12-22-13-11-21)16-2-4-17(5-3-16)18-6-8-19(20)9-7-18/h2-9,15H,10-14H2,1H3. The molecule has 1 aliphatic heterocycles. The van der Waals surface area contributed by atoms with Crippen LogP contribution in [0, 0.1) is 0 Å². The van der Waals surface area contributed by atoms with Gasteiger partial charge in [-0.05, 0) is 34.7 Å². The number of hydrogen-bond acceptors (Lipinski definition) is 2. The van der Waals surface area contributed by atoms with Crippen molar-refractivity contribution >= 4 is 15.9 Å². The van der Waals surface area contributed by atoms with Crippen LogP contribution in [0.4, 0.5) is 0 Å². The van der Waals surface area contributed by atoms with Gasteiger partial charge >= 0.3 is 0 Å². The first kappa shape index (κ1) is 15.7. The van der Waals surface area contributed by atoms with E-state index in [2.05, 4.69) is 76.3 Å². The number of morpholine rings is 1. The van der Waals surface area contributed by atoms with Gasteiger partial charge in [0.15, 0.2) is 0 Å². The summed E-state index contributed by atoms with van der Waals surface area (Å²) >= 11 is 3.48. The van der Waals surface area contributed by atoms with Crippen molar-refractivity contribution in [2.45, 2.75) is 12.8 Å². The minimum Gasteiger partial charge on any atom is -0.379 e. The third-order valence-corrected chi connectivity index (χ3v) is 4.82. The predicted molar refractivity (Wildman–Crippen MR) is 95.3 cm³/mol. The normalized spacial score (nSPS) is 17.4. The van der Waals surface area contributed by atoms with Crippen LogP contribution in [0.2, 0.25) is 0 Å². The van der Waals surface area contributed by atoms with Crippen molar-refractivity contribution in [2.75, 3.05) is 32.8 Å². The van der Waals surface area contributed by atoms with Gasteiger partial charge in [-0.25, -0.2) is 0 Å². The molecule has 1 aliphatic rings. The maximum Gasteiger partial charge on any atom is 0.0594 e. The second kappa shape index (κ2) is 7.40. The third-order valence-electron chi connectivity index (χ3n) is 4.29. The van der Waals surface area contributed by atoms with Crippen LogP contribution in [0.15, 0.2) is 53.0 Å². The molecule has 0 saturated carbocycles. The van der Waals surface area contributed by atoms with Crippen LogP contribution in [-0.4, -0.2) is 37.7 Å². The molecule has 116 valence electrons. The zero-order valence-electron chi connectivity index (χ0n) is 13.0. The highest BCUT2D eigenvalue weighted by Crippen LogP contribution is 2.24. The van der Waals surface area contributed by atoms with Gasteiger partial charge in [-0.3, -0.25) is 4.90 Å². The van der Waals surface area contributed by atoms with Crippen LogP contribution in [0.3, 0.4) is 0 Å². The lowest BCUT2D eigenvalue weighted by atomic mass is 9.97. The summed E-state index contributed by atoms with van der Waals surface area (Å²) in [6, 6.07) is 17.5. The maximum atomic E-state index is 5.42. The van der Waals surface area contributed by atoms with Gasteiger partial charge in [-0.1, -0.05) is 59.3 Å². The fourth-order valence-electron chi connectivity index (χ4n) is 2.92. The summed E-state index contributed by atoms with van der Waals surface area (Å²) in [4.78, 5) is 2.50. The van der Waals surface area contributed by atoms with Crippen molar-refractivity contribution in [2.24, 2.45) is 0 Å². The van der Waals surface area contributed by atoms with Crippen molar-refractivity contribution in [3.63, 3.8) is 0 Å². The lowest BCUT2D eigenvalue weighted by Crippen LogP contribution is -2.38. The molecular weight excluding hydrogens is 338 g/mol. The van der Waals surface area contributed by atoms with Crippen molar-refractivity contribution < 1.29 is 4.74 Å². The number of benzene rings is 2. The lowest BCUT2D eigenvalue weighted by Gasteiger charge is -2.29. The summed E-state index contributed by atoms with van der Waals surface area (Å²) < 4.78 is 6.53. The molecule has 3 rings (SSSR count). The average molecular weight is 360 g/mol. The second-order valence-electron chi connectivity index (χ2n) is 5.94. The molecule has 2 nitrogen and oxygen atoms in total. The Morgan fingerprint density at radius 2 is 1.50 bits per heavy atom. The number of halogens is 1. The Bertz CT molecular complexity index is 588. The molecule has 1 fully saturated rings. The Morgan fingerprint density at radius 3 is 2.09 bits per heavy atom. The Morgan fingerprint density at radius 1 is 0.955 bits per heavy atom. The van der Waals surface area contributed by atoms with E-state index in [1.165, 1.54) is 16.7 Å². The molecule has 1 atom stereocenters. The van der Waals surface area contributed by atoms with Crippen molar-refractivity contribution in [1.82, 2.24) is 4.90 Å². The molecule has 1 heterocycles. The lowest BCUT2D eigenvalue weighted by molar-refractivity contribution is 0.0357. The molecule has 3 heteroatoms. The minimum absolute atomic E-state index is 0.553. The fraction of sp³-hybridized carbons (Fsp3) is 0.368. The van der Waals surface area contributed by atoms with E-state index >= 15 is 0 Å². The smallest absolute Gasteiger partial charge is 0.0594 e. The number of hydrogen-bond donors (Lipinski definition) is 0. The SMILES string of the molecule is CC(CN1CCOCC1)c1ccc(-c2ccc(Br)cc2)cc1. The summed E-state index contributed by atoms with van der Waals surface area (Å²) in [6.45, 7) is 7.28. The van der Waals surface area contributed by atoms with Gasteiger partial charge in [-0.2, -0.15) is 0 Å². The fourth-order valence-corrected chi connectivity index (χ4v) is 3.19. The van der Waals surface area contributed by atoms with Crippen LogP contribution in [0.5, 0.6) is 0 Å². The highest BCUT2D eigenvalue weighted by molar-refractivity contribution is 9.10. The highest BCUT2D eigenvalue weighted by Gasteiger charge is 2.14. The monoisotopic (exact) mass is 359 g/mol. The molecule has 0 aromatic heterocycles. The van der Waals surface area contributed by atoms with E-state index in [0.29, 0.717) is 5.92 Å². The number of rotatable bonds is 4.